The van der Waals surface area contributed by atoms with Crippen molar-refractivity contribution in [2.75, 3.05) is 5.32 Å². The highest BCUT2D eigenvalue weighted by molar-refractivity contribution is 5.73. The van der Waals surface area contributed by atoms with E-state index in [1.165, 1.54) is 6.20 Å². The van der Waals surface area contributed by atoms with E-state index in [2.05, 4.69) is 25.3 Å². The maximum Gasteiger partial charge on any atom is 0.334 e. The van der Waals surface area contributed by atoms with Gasteiger partial charge < -0.3 is 5.32 Å². The van der Waals surface area contributed by atoms with Crippen molar-refractivity contribution in [3.8, 4) is 5.69 Å². The van der Waals surface area contributed by atoms with Crippen LogP contribution in [0, 0.1) is 13.8 Å². The molecule has 3 aromatic heterocycles. The normalized spacial score (nSPS) is 10.9. The summed E-state index contributed by atoms with van der Waals surface area (Å²) in [6.07, 6.45) is 4.86. The molecule has 8 heteroatoms. The van der Waals surface area contributed by atoms with Crippen LogP contribution in [0.4, 0.5) is 5.95 Å². The molecule has 0 saturated heterocycles. The fraction of sp³-hybridized carbons (Fsp3) is 0.150. The molecule has 2 N–H and O–H groups in total. The number of aromatic amines is 1. The maximum absolute atomic E-state index is 12.9. The molecule has 0 radical (unpaired) electrons. The lowest BCUT2D eigenvalue weighted by atomic mass is 10.1. The zero-order chi connectivity index (χ0) is 19.7. The molecule has 0 aliphatic rings. The summed E-state index contributed by atoms with van der Waals surface area (Å²) in [5, 5.41) is 3.30. The predicted molar refractivity (Wildman–Crippen MR) is 107 cm³/mol. The molecule has 0 aliphatic heterocycles. The van der Waals surface area contributed by atoms with Crippen LogP contribution >= 0.6 is 0 Å². The first-order chi connectivity index (χ1) is 13.5. The first-order valence-corrected chi connectivity index (χ1v) is 8.76. The Morgan fingerprint density at radius 3 is 2.75 bits per heavy atom. The Balaban J connectivity index is 1.75. The van der Waals surface area contributed by atoms with Crippen LogP contribution in [-0.4, -0.2) is 24.5 Å². The second-order valence-electron chi connectivity index (χ2n) is 6.46. The van der Waals surface area contributed by atoms with E-state index in [1.807, 2.05) is 38.1 Å². The van der Waals surface area contributed by atoms with Crippen molar-refractivity contribution in [1.29, 1.82) is 0 Å². The number of pyridine rings is 1. The Kier molecular flexibility index (Phi) is 4.44. The number of hydrogen-bond acceptors (Lipinski definition) is 6. The van der Waals surface area contributed by atoms with Gasteiger partial charge in [0.25, 0.3) is 5.56 Å². The molecule has 0 aliphatic carbocycles. The predicted octanol–water partition coefficient (Wildman–Crippen LogP) is 2.09. The van der Waals surface area contributed by atoms with E-state index >= 15 is 0 Å². The molecule has 3 heterocycles. The van der Waals surface area contributed by atoms with Crippen molar-refractivity contribution in [2.45, 2.75) is 20.4 Å². The zero-order valence-corrected chi connectivity index (χ0v) is 15.4. The summed E-state index contributed by atoms with van der Waals surface area (Å²) in [4.78, 5) is 40.8. The largest absolute Gasteiger partial charge is 0.350 e. The smallest absolute Gasteiger partial charge is 0.334 e. The van der Waals surface area contributed by atoms with Gasteiger partial charge in [0, 0.05) is 25.1 Å². The second kappa shape index (κ2) is 7.07. The van der Waals surface area contributed by atoms with E-state index < -0.39 is 11.2 Å². The van der Waals surface area contributed by atoms with Crippen molar-refractivity contribution in [3.05, 3.63) is 86.5 Å². The van der Waals surface area contributed by atoms with Gasteiger partial charge in [-0.05, 0) is 42.7 Å². The van der Waals surface area contributed by atoms with Gasteiger partial charge in [-0.25, -0.2) is 14.3 Å². The maximum atomic E-state index is 12.9. The van der Waals surface area contributed by atoms with Gasteiger partial charge in [-0.1, -0.05) is 18.2 Å². The Hall–Kier alpha value is -3.81. The zero-order valence-electron chi connectivity index (χ0n) is 15.4. The molecule has 0 unspecified atom stereocenters. The number of nitrogens with one attached hydrogen (secondary N) is 2. The fourth-order valence-corrected chi connectivity index (χ4v) is 2.97. The number of aryl methyl sites for hydroxylation is 1. The van der Waals surface area contributed by atoms with Gasteiger partial charge >= 0.3 is 5.69 Å². The van der Waals surface area contributed by atoms with Crippen molar-refractivity contribution >= 4 is 17.0 Å². The average Bonchev–Trinajstić information content (AvgIpc) is 2.70. The minimum atomic E-state index is -0.539. The summed E-state index contributed by atoms with van der Waals surface area (Å²) in [5.74, 6) is 0.316. The standard InChI is InChI=1S/C20H18N6O2/c1-12-5-3-7-16(13(12)2)26-18(27)15-11-23-19(24-17(15)25-20(26)28)22-10-14-6-4-8-21-9-14/h3-9,11H,10H2,1-2H3,(H2,22,23,24,25,28). The molecule has 0 fully saturated rings. The monoisotopic (exact) mass is 374 g/mol. The number of anilines is 1. The molecule has 1 aromatic carbocycles. The second-order valence-corrected chi connectivity index (χ2v) is 6.46. The minimum absolute atomic E-state index is 0.195. The lowest BCUT2D eigenvalue weighted by Gasteiger charge is -2.11. The minimum Gasteiger partial charge on any atom is -0.350 e. The van der Waals surface area contributed by atoms with Crippen LogP contribution in [0.15, 0.2) is 58.5 Å². The number of rotatable bonds is 4. The average molecular weight is 374 g/mol. The molecule has 4 rings (SSSR count). The highest BCUT2D eigenvalue weighted by Gasteiger charge is 2.14. The number of H-pyrrole nitrogens is 1. The van der Waals surface area contributed by atoms with Crippen LogP contribution in [0.5, 0.6) is 0 Å². The van der Waals surface area contributed by atoms with E-state index in [4.69, 9.17) is 0 Å². The van der Waals surface area contributed by atoms with E-state index in [0.717, 1.165) is 21.3 Å². The molecule has 8 nitrogen and oxygen atoms in total. The van der Waals surface area contributed by atoms with Gasteiger partial charge in [-0.15, -0.1) is 0 Å². The Bertz CT molecular complexity index is 1280. The van der Waals surface area contributed by atoms with Crippen molar-refractivity contribution in [2.24, 2.45) is 0 Å². The third kappa shape index (κ3) is 3.16. The van der Waals surface area contributed by atoms with Crippen molar-refractivity contribution in [3.63, 3.8) is 0 Å². The van der Waals surface area contributed by atoms with Crippen LogP contribution in [0.2, 0.25) is 0 Å². The lowest BCUT2D eigenvalue weighted by molar-refractivity contribution is 0.882. The number of benzene rings is 1. The number of aromatic nitrogens is 5. The van der Waals surface area contributed by atoms with Crippen LogP contribution in [0.25, 0.3) is 16.7 Å². The summed E-state index contributed by atoms with van der Waals surface area (Å²) in [5.41, 5.74) is 2.58. The van der Waals surface area contributed by atoms with E-state index in [1.54, 1.807) is 18.5 Å². The van der Waals surface area contributed by atoms with Gasteiger partial charge in [0.1, 0.15) is 5.39 Å². The molecule has 0 spiro atoms. The van der Waals surface area contributed by atoms with E-state index in [0.29, 0.717) is 18.2 Å². The summed E-state index contributed by atoms with van der Waals surface area (Å²) in [6.45, 7) is 4.29. The van der Waals surface area contributed by atoms with Gasteiger partial charge in [0.2, 0.25) is 5.95 Å². The summed E-state index contributed by atoms with van der Waals surface area (Å²) < 4.78 is 1.12. The molecule has 140 valence electrons. The first-order valence-electron chi connectivity index (χ1n) is 8.76. The SMILES string of the molecule is Cc1cccc(-n2c(=O)[nH]c3nc(NCc4cccnc4)ncc3c2=O)c1C. The molecule has 0 amide bonds. The summed E-state index contributed by atoms with van der Waals surface area (Å²) in [6, 6.07) is 9.25. The molecular weight excluding hydrogens is 356 g/mol. The Labute approximate surface area is 160 Å². The highest BCUT2D eigenvalue weighted by Crippen LogP contribution is 2.15. The van der Waals surface area contributed by atoms with Gasteiger partial charge in [0.15, 0.2) is 5.65 Å². The molecule has 0 atom stereocenters. The third-order valence-electron chi connectivity index (χ3n) is 4.64. The van der Waals surface area contributed by atoms with Gasteiger partial charge in [0.05, 0.1) is 5.69 Å². The first kappa shape index (κ1) is 17.6. The van der Waals surface area contributed by atoms with Gasteiger partial charge in [-0.3, -0.25) is 14.8 Å². The summed E-state index contributed by atoms with van der Waals surface area (Å²) >= 11 is 0. The molecule has 0 bridgehead atoms. The topological polar surface area (TPSA) is 106 Å². The summed E-state index contributed by atoms with van der Waals surface area (Å²) in [7, 11) is 0. The number of hydrogen-bond donors (Lipinski definition) is 2. The number of nitrogens with zero attached hydrogens (tertiary/aromatic N) is 4. The molecule has 4 aromatic rings. The Morgan fingerprint density at radius 2 is 1.96 bits per heavy atom. The van der Waals surface area contributed by atoms with E-state index in [9.17, 15) is 9.59 Å². The fourth-order valence-electron chi connectivity index (χ4n) is 2.97. The highest BCUT2D eigenvalue weighted by atomic mass is 16.2. The molecule has 0 saturated carbocycles. The van der Waals surface area contributed by atoms with Crippen LogP contribution < -0.4 is 16.6 Å². The van der Waals surface area contributed by atoms with Crippen LogP contribution in [-0.2, 0) is 6.54 Å². The van der Waals surface area contributed by atoms with Crippen molar-refractivity contribution < 1.29 is 0 Å². The lowest BCUT2D eigenvalue weighted by Crippen LogP contribution is -2.34. The van der Waals surface area contributed by atoms with Crippen molar-refractivity contribution in [1.82, 2.24) is 24.5 Å². The Morgan fingerprint density at radius 1 is 1.11 bits per heavy atom. The number of fused-ring (bicyclic) bond motifs is 1. The van der Waals surface area contributed by atoms with Crippen LogP contribution in [0.1, 0.15) is 16.7 Å². The van der Waals surface area contributed by atoms with Gasteiger partial charge in [-0.2, -0.15) is 4.98 Å². The molecular formula is C20H18N6O2. The molecule has 28 heavy (non-hydrogen) atoms. The van der Waals surface area contributed by atoms with E-state index in [-0.39, 0.29) is 11.0 Å². The third-order valence-corrected chi connectivity index (χ3v) is 4.64. The van der Waals surface area contributed by atoms with Crippen LogP contribution in [0.3, 0.4) is 0 Å². The quantitative estimate of drug-likeness (QED) is 0.567.